The number of benzene rings is 6. The fourth-order valence-corrected chi connectivity index (χ4v) is 14.5. The molecule has 0 bridgehead atoms. The van der Waals surface area contributed by atoms with E-state index in [0.717, 1.165) is 69.5 Å². The molecule has 0 radical (unpaired) electrons. The van der Waals surface area contributed by atoms with Gasteiger partial charge in [0.05, 0.1) is 36.7 Å². The van der Waals surface area contributed by atoms with Gasteiger partial charge in [-0.05, 0) is 176 Å². The van der Waals surface area contributed by atoms with E-state index >= 15 is 0 Å². The summed E-state index contributed by atoms with van der Waals surface area (Å²) in [5.41, 5.74) is -3.53. The lowest BCUT2D eigenvalue weighted by atomic mass is 9.80. The van der Waals surface area contributed by atoms with E-state index in [1.807, 2.05) is 91.0 Å². The summed E-state index contributed by atoms with van der Waals surface area (Å²) in [5.74, 6) is 0. The van der Waals surface area contributed by atoms with Crippen LogP contribution in [0.5, 0.6) is 0 Å². The van der Waals surface area contributed by atoms with Crippen molar-refractivity contribution in [2.75, 3.05) is 78.6 Å². The molecule has 30 nitrogen and oxygen atoms in total. The molecule has 0 saturated carbocycles. The quantitative estimate of drug-likeness (QED) is 0.0115. The van der Waals surface area contributed by atoms with E-state index in [4.69, 9.17) is 28.4 Å². The van der Waals surface area contributed by atoms with Gasteiger partial charge in [0.2, 0.25) is 10.0 Å². The molecule has 0 aliphatic rings. The fraction of sp³-hybridized carbons (Fsp3) is 0.474. The number of nitro benzene ring substituents is 3. The molecular formula is C78H103N9O21S2. The minimum atomic E-state index is -4.89. The second-order valence-electron chi connectivity index (χ2n) is 29.9. The molecule has 0 heterocycles. The highest BCUT2D eigenvalue weighted by Crippen LogP contribution is 2.41. The Kier molecular flexibility index (Phi) is 31.7. The van der Waals surface area contributed by atoms with Crippen LogP contribution in [0.1, 0.15) is 157 Å². The van der Waals surface area contributed by atoms with Crippen molar-refractivity contribution in [1.82, 2.24) is 28.2 Å². The molecule has 6 rings (SSSR count). The molecular weight excluding hydrogens is 1460 g/mol. The van der Waals surface area contributed by atoms with Gasteiger partial charge >= 0.3 is 30.5 Å². The molecule has 598 valence electrons. The monoisotopic (exact) mass is 1570 g/mol. The molecule has 0 aliphatic heterocycles. The highest BCUT2D eigenvalue weighted by atomic mass is 32.2. The summed E-state index contributed by atoms with van der Waals surface area (Å²) in [7, 11) is -9.38. The second-order valence-corrected chi connectivity index (χ2v) is 33.7. The number of non-ortho nitro benzene ring substituents is 2. The zero-order valence-corrected chi connectivity index (χ0v) is 66.4. The van der Waals surface area contributed by atoms with Crippen LogP contribution in [0, 0.1) is 30.3 Å². The lowest BCUT2D eigenvalue weighted by Crippen LogP contribution is -2.43. The smallest absolute Gasteiger partial charge is 0.424 e. The molecule has 0 aliphatic carbocycles. The molecule has 32 heteroatoms. The van der Waals surface area contributed by atoms with Crippen LogP contribution in [-0.4, -0.2) is 191 Å². The van der Waals surface area contributed by atoms with Crippen LogP contribution in [0.2, 0.25) is 0 Å². The Morgan fingerprint density at radius 3 is 1.00 bits per heavy atom. The predicted molar refractivity (Wildman–Crippen MR) is 411 cm³/mol. The number of para-hydroxylation sites is 1. The Hall–Kier alpha value is -10.3. The number of sulfonamides is 2. The molecule has 0 N–H and O–H groups in total. The molecule has 5 amide bonds. The first-order valence-electron chi connectivity index (χ1n) is 36.2. The number of hydrogen-bond donors (Lipinski definition) is 0. The fourth-order valence-electron chi connectivity index (χ4n) is 11.6. The Labute approximate surface area is 644 Å². The van der Waals surface area contributed by atoms with E-state index in [2.05, 4.69) is 0 Å². The third kappa shape index (κ3) is 26.8. The molecule has 6 aromatic carbocycles. The molecule has 0 aromatic heterocycles. The number of rotatable bonds is 37. The second kappa shape index (κ2) is 39.4. The topological polar surface area (TPSA) is 358 Å². The normalized spacial score (nSPS) is 12.4. The summed E-state index contributed by atoms with van der Waals surface area (Å²) in [6.45, 7) is 20.1. The molecule has 0 fully saturated rings. The molecule has 110 heavy (non-hydrogen) atoms. The Bertz CT molecular complexity index is 4190. The van der Waals surface area contributed by atoms with Gasteiger partial charge in [0, 0.05) is 102 Å². The minimum absolute atomic E-state index is 0.00681. The van der Waals surface area contributed by atoms with Crippen molar-refractivity contribution in [3.63, 3.8) is 0 Å². The summed E-state index contributed by atoms with van der Waals surface area (Å²) >= 11 is 0. The third-order valence-corrected chi connectivity index (χ3v) is 20.3. The van der Waals surface area contributed by atoms with Crippen molar-refractivity contribution in [2.45, 2.75) is 172 Å². The first kappa shape index (κ1) is 88.6. The first-order chi connectivity index (χ1) is 51.5. The molecule has 0 spiro atoms. The van der Waals surface area contributed by atoms with Gasteiger partial charge in [-0.1, -0.05) is 103 Å². The maximum atomic E-state index is 14.8. The third-order valence-electron chi connectivity index (χ3n) is 16.6. The summed E-state index contributed by atoms with van der Waals surface area (Å²) in [6, 6.07) is 43.0. The zero-order valence-electron chi connectivity index (χ0n) is 64.8. The van der Waals surface area contributed by atoms with E-state index in [9.17, 15) is 71.2 Å². The minimum Gasteiger partial charge on any atom is -0.444 e. The number of ether oxygens (including phenoxy) is 6. The van der Waals surface area contributed by atoms with Crippen LogP contribution in [0.25, 0.3) is 0 Å². The van der Waals surface area contributed by atoms with Gasteiger partial charge in [-0.25, -0.2) is 45.1 Å². The van der Waals surface area contributed by atoms with Crippen LogP contribution in [0.15, 0.2) is 174 Å². The maximum absolute atomic E-state index is 14.8. The van der Waals surface area contributed by atoms with Gasteiger partial charge < -0.3 is 48.0 Å². The van der Waals surface area contributed by atoms with E-state index in [1.165, 1.54) is 45.9 Å². The number of amides is 5. The van der Waals surface area contributed by atoms with Gasteiger partial charge in [0.25, 0.3) is 27.1 Å². The number of carbonyl (C=O) groups is 5. The average molecular weight is 1570 g/mol. The first-order valence-corrected chi connectivity index (χ1v) is 39.1. The van der Waals surface area contributed by atoms with Crippen molar-refractivity contribution >= 4 is 67.6 Å². The SMILES string of the molecule is CC(OC(=O)N(CCCN(CCCN(CCCN(CCCN(CCCN(CCCOC(c1ccccc1)(c1ccccc1)c1ccccc1)C(=O)OC(C)(C)C)C(=O)OC(C)(C)C)S(=O)(=O)c1ccc([N+](=O)[O-])cc1)C(=O)OC(C)(C)C)C(=O)OC(C)(C)C)S(=O)(=O)c1ccc([N+](=O)[O-])cc1)c1ccccc1[N+](=O)[O-]. The predicted octanol–water partition coefficient (Wildman–Crippen LogP) is 15.3. The molecule has 6 aromatic rings. The number of nitrogens with zero attached hydrogens (tertiary/aromatic N) is 9. The van der Waals surface area contributed by atoms with Crippen molar-refractivity contribution < 1.29 is 84.0 Å². The van der Waals surface area contributed by atoms with Crippen molar-refractivity contribution in [3.05, 3.63) is 216 Å². The van der Waals surface area contributed by atoms with E-state index in [-0.39, 0.29) is 120 Å². The van der Waals surface area contributed by atoms with E-state index in [0.29, 0.717) is 10.7 Å². The van der Waals surface area contributed by atoms with Crippen LogP contribution in [0.4, 0.5) is 41.0 Å². The van der Waals surface area contributed by atoms with Crippen LogP contribution in [0.3, 0.4) is 0 Å². The highest BCUT2D eigenvalue weighted by molar-refractivity contribution is 7.89. The number of hydrogen-bond acceptors (Lipinski definition) is 21. The highest BCUT2D eigenvalue weighted by Gasteiger charge is 2.39. The Morgan fingerprint density at radius 2 is 0.673 bits per heavy atom. The van der Waals surface area contributed by atoms with Gasteiger partial charge in [-0.2, -0.15) is 4.31 Å². The summed E-state index contributed by atoms with van der Waals surface area (Å²) in [4.78, 5) is 108. The maximum Gasteiger partial charge on any atom is 0.424 e. The van der Waals surface area contributed by atoms with Crippen molar-refractivity contribution in [1.29, 1.82) is 0 Å². The lowest BCUT2D eigenvalue weighted by Gasteiger charge is -2.36. The summed E-state index contributed by atoms with van der Waals surface area (Å²) in [6.07, 6.45) is -5.52. The lowest BCUT2D eigenvalue weighted by molar-refractivity contribution is -0.386. The standard InChI is InChI=1S/C78H103N9O21S2/c1-59(67-37-23-24-38-68(67)87(97)98)104-73(92)84(110(101,102)66-45-41-64(42-46-66)86(95)96)57-29-53-81(71(90)107-76(8,9)10)49-25-47-79(69(88)105-74(2,3)4)51-27-55-83(109(99,100)65-43-39-63(40-44-65)85(93)94)56-28-52-80(70(89)106-75(5,6)7)48-26-50-82(72(91)108-77(11,12)13)54-30-58-103-78(60-31-17-14-18-32-60,61-33-19-15-20-34-61)62-35-21-16-22-36-62/h14-24,31-46,59H,25-30,47-58H2,1-13H3. The average Bonchev–Trinajstić information content (AvgIpc) is 0.756. The number of carbonyl (C=O) groups excluding carboxylic acids is 5. The molecule has 0 saturated heterocycles. The summed E-state index contributed by atoms with van der Waals surface area (Å²) < 4.78 is 95.7. The van der Waals surface area contributed by atoms with E-state index < -0.39 is 122 Å². The van der Waals surface area contributed by atoms with Gasteiger partial charge in [0.15, 0.2) is 0 Å². The van der Waals surface area contributed by atoms with Gasteiger partial charge in [-0.3, -0.25) is 30.3 Å². The summed E-state index contributed by atoms with van der Waals surface area (Å²) in [5, 5.41) is 35.2. The molecule has 1 unspecified atom stereocenters. The molecule has 1 atom stereocenters. The Morgan fingerprint density at radius 1 is 0.373 bits per heavy atom. The van der Waals surface area contributed by atoms with E-state index in [1.54, 1.807) is 88.0 Å². The zero-order chi connectivity index (χ0) is 81.4. The largest absolute Gasteiger partial charge is 0.444 e. The number of nitro groups is 3. The van der Waals surface area contributed by atoms with Crippen molar-refractivity contribution in [3.8, 4) is 0 Å². The van der Waals surface area contributed by atoms with Crippen LogP contribution in [-0.2, 0) is 54.1 Å². The van der Waals surface area contributed by atoms with Crippen LogP contribution < -0.4 is 0 Å². The Balaban J connectivity index is 1.21. The van der Waals surface area contributed by atoms with Gasteiger partial charge in [0.1, 0.15) is 34.1 Å². The van der Waals surface area contributed by atoms with Crippen molar-refractivity contribution in [2.24, 2.45) is 0 Å². The van der Waals surface area contributed by atoms with Crippen LogP contribution >= 0.6 is 0 Å². The van der Waals surface area contributed by atoms with Gasteiger partial charge in [-0.15, -0.1) is 0 Å².